The summed E-state index contributed by atoms with van der Waals surface area (Å²) < 4.78 is 0. The lowest BCUT2D eigenvalue weighted by Crippen LogP contribution is -2.32. The van der Waals surface area contributed by atoms with Crippen LogP contribution in [0.3, 0.4) is 0 Å². The van der Waals surface area contributed by atoms with Crippen LogP contribution in [0.2, 0.25) is 0 Å². The Hall–Kier alpha value is -1.33. The van der Waals surface area contributed by atoms with Crippen LogP contribution in [0.25, 0.3) is 10.9 Å². The number of H-pyrrole nitrogens is 1. The van der Waals surface area contributed by atoms with Crippen molar-refractivity contribution in [2.45, 2.75) is 11.9 Å². The fraction of sp³-hybridized carbons (Fsp3) is 0.231. The highest BCUT2D eigenvalue weighted by Gasteiger charge is 2.30. The van der Waals surface area contributed by atoms with E-state index in [1.807, 2.05) is 29.3 Å². The molecule has 0 saturated carbocycles. The number of fused-ring (bicyclic) bond motifs is 1. The van der Waals surface area contributed by atoms with Crippen LogP contribution in [0.15, 0.2) is 30.5 Å². The number of hydrogen-bond donors (Lipinski definition) is 1. The lowest BCUT2D eigenvalue weighted by atomic mass is 10.1. The Labute approximate surface area is 115 Å². The molecular weight excluding hydrogens is 264 g/mol. The smallest absolute Gasteiger partial charge is 0.234 e. The summed E-state index contributed by atoms with van der Waals surface area (Å²) in [5.74, 6) is 0.691. The molecule has 1 amide bonds. The van der Waals surface area contributed by atoms with E-state index in [1.54, 1.807) is 17.1 Å². The van der Waals surface area contributed by atoms with E-state index in [1.165, 1.54) is 5.39 Å². The number of benzene rings is 1. The van der Waals surface area contributed by atoms with E-state index in [0.29, 0.717) is 12.3 Å². The number of amides is 1. The zero-order valence-electron chi connectivity index (χ0n) is 9.63. The molecule has 92 valence electrons. The fourth-order valence-electron chi connectivity index (χ4n) is 2.21. The second-order valence-electron chi connectivity index (χ2n) is 4.22. The van der Waals surface area contributed by atoms with Gasteiger partial charge in [-0.1, -0.05) is 30.4 Å². The standard InChI is InChI=1S/C13H12N2OS2/c16-12-8-18-13(7-17)15(12)6-9-5-14-11-4-2-1-3-10(9)11/h1-5,7,13-14H,6,8H2. The lowest BCUT2D eigenvalue weighted by Gasteiger charge is -2.20. The predicted molar refractivity (Wildman–Crippen MR) is 78.7 cm³/mol. The van der Waals surface area contributed by atoms with Gasteiger partial charge in [-0.15, -0.1) is 11.8 Å². The minimum absolute atomic E-state index is 0.0289. The number of thiocarbonyl (C=S) groups is 1. The van der Waals surface area contributed by atoms with Crippen LogP contribution in [-0.4, -0.2) is 32.3 Å². The first kappa shape index (κ1) is 11.7. The summed E-state index contributed by atoms with van der Waals surface area (Å²) in [6.07, 6.45) is 1.97. The first-order valence-electron chi connectivity index (χ1n) is 5.71. The third kappa shape index (κ3) is 1.93. The molecule has 18 heavy (non-hydrogen) atoms. The fourth-order valence-corrected chi connectivity index (χ4v) is 3.52. The molecule has 1 N–H and O–H groups in total. The van der Waals surface area contributed by atoms with Crippen molar-refractivity contribution in [3.05, 3.63) is 36.0 Å². The second kappa shape index (κ2) is 4.74. The molecular formula is C13H12N2OS2. The number of carbonyl (C=O) groups excluding carboxylic acids is 1. The molecule has 1 aliphatic heterocycles. The van der Waals surface area contributed by atoms with Gasteiger partial charge in [0, 0.05) is 29.0 Å². The molecule has 1 atom stereocenters. The number of hydrogen-bond acceptors (Lipinski definition) is 3. The zero-order chi connectivity index (χ0) is 12.5. The number of aromatic amines is 1. The minimum atomic E-state index is 0.0289. The molecule has 1 aromatic carbocycles. The quantitative estimate of drug-likeness (QED) is 0.875. The van der Waals surface area contributed by atoms with Crippen molar-refractivity contribution in [3.63, 3.8) is 0 Å². The maximum absolute atomic E-state index is 11.8. The molecule has 3 rings (SSSR count). The van der Waals surface area contributed by atoms with E-state index in [4.69, 9.17) is 12.2 Å². The first-order chi connectivity index (χ1) is 8.79. The van der Waals surface area contributed by atoms with Crippen LogP contribution in [0.5, 0.6) is 0 Å². The van der Waals surface area contributed by atoms with Gasteiger partial charge in [0.1, 0.15) is 5.37 Å². The van der Waals surface area contributed by atoms with Gasteiger partial charge in [0.05, 0.1) is 5.75 Å². The molecule has 5 heteroatoms. The highest BCUT2D eigenvalue weighted by Crippen LogP contribution is 2.27. The molecule has 1 aliphatic rings. The largest absolute Gasteiger partial charge is 0.361 e. The summed E-state index contributed by atoms with van der Waals surface area (Å²) >= 11 is 6.58. The number of thioether (sulfide) groups is 1. The maximum atomic E-state index is 11.8. The van der Waals surface area contributed by atoms with Crippen LogP contribution in [0, 0.1) is 0 Å². The summed E-state index contributed by atoms with van der Waals surface area (Å²) in [4.78, 5) is 16.9. The average molecular weight is 276 g/mol. The molecule has 1 saturated heterocycles. The van der Waals surface area contributed by atoms with Gasteiger partial charge in [-0.05, 0) is 11.6 Å². The van der Waals surface area contributed by atoms with E-state index in [0.717, 1.165) is 11.1 Å². The number of carbonyl (C=O) groups is 1. The Morgan fingerprint density at radius 3 is 3.17 bits per heavy atom. The van der Waals surface area contributed by atoms with Crippen molar-refractivity contribution in [2.75, 3.05) is 5.75 Å². The van der Waals surface area contributed by atoms with Crippen LogP contribution < -0.4 is 0 Å². The molecule has 3 nitrogen and oxygen atoms in total. The van der Waals surface area contributed by atoms with Gasteiger partial charge >= 0.3 is 0 Å². The molecule has 1 fully saturated rings. The SMILES string of the molecule is O=C1CSC(C=S)N1Cc1c[nH]c2ccccc12. The topological polar surface area (TPSA) is 36.1 Å². The number of rotatable bonds is 3. The van der Waals surface area contributed by atoms with Crippen molar-refractivity contribution in [3.8, 4) is 0 Å². The average Bonchev–Trinajstić information content (AvgIpc) is 2.96. The van der Waals surface area contributed by atoms with Gasteiger partial charge < -0.3 is 9.88 Å². The van der Waals surface area contributed by atoms with E-state index in [-0.39, 0.29) is 11.3 Å². The molecule has 0 spiro atoms. The summed E-state index contributed by atoms with van der Waals surface area (Å²) in [6.45, 7) is 0.619. The van der Waals surface area contributed by atoms with Gasteiger partial charge in [-0.25, -0.2) is 0 Å². The Balaban J connectivity index is 1.92. The third-order valence-corrected chi connectivity index (χ3v) is 4.71. The van der Waals surface area contributed by atoms with Crippen molar-refractivity contribution >= 4 is 46.2 Å². The Morgan fingerprint density at radius 1 is 1.50 bits per heavy atom. The molecule has 1 unspecified atom stereocenters. The van der Waals surface area contributed by atoms with Crippen LogP contribution in [0.4, 0.5) is 0 Å². The summed E-state index contributed by atoms with van der Waals surface area (Å²) in [5.41, 5.74) is 2.24. The predicted octanol–water partition coefficient (Wildman–Crippen LogP) is 2.57. The van der Waals surface area contributed by atoms with E-state index < -0.39 is 0 Å². The third-order valence-electron chi connectivity index (χ3n) is 3.14. The van der Waals surface area contributed by atoms with E-state index in [2.05, 4.69) is 11.1 Å². The Bertz CT molecular complexity index is 608. The second-order valence-corrected chi connectivity index (χ2v) is 5.60. The summed E-state index contributed by atoms with van der Waals surface area (Å²) in [6, 6.07) is 8.12. The molecule has 1 aromatic heterocycles. The van der Waals surface area contributed by atoms with Gasteiger partial charge in [0.25, 0.3) is 0 Å². The maximum Gasteiger partial charge on any atom is 0.234 e. The Morgan fingerprint density at radius 2 is 2.33 bits per heavy atom. The lowest BCUT2D eigenvalue weighted by molar-refractivity contribution is -0.127. The van der Waals surface area contributed by atoms with Gasteiger partial charge in [0.2, 0.25) is 5.91 Å². The summed E-state index contributed by atoms with van der Waals surface area (Å²) in [7, 11) is 0. The number of aromatic nitrogens is 1. The van der Waals surface area contributed by atoms with E-state index in [9.17, 15) is 4.79 Å². The monoisotopic (exact) mass is 276 g/mol. The van der Waals surface area contributed by atoms with Crippen molar-refractivity contribution < 1.29 is 4.79 Å². The van der Waals surface area contributed by atoms with Crippen molar-refractivity contribution in [1.29, 1.82) is 0 Å². The molecule has 2 heterocycles. The number of para-hydroxylation sites is 1. The van der Waals surface area contributed by atoms with Gasteiger partial charge in [-0.2, -0.15) is 0 Å². The van der Waals surface area contributed by atoms with Gasteiger partial charge in [-0.3, -0.25) is 4.79 Å². The highest BCUT2D eigenvalue weighted by atomic mass is 32.2. The van der Waals surface area contributed by atoms with E-state index >= 15 is 0 Å². The summed E-state index contributed by atoms with van der Waals surface area (Å²) in [5, 5.41) is 2.87. The zero-order valence-corrected chi connectivity index (χ0v) is 11.3. The molecule has 2 aromatic rings. The molecule has 0 bridgehead atoms. The Kier molecular flexibility index (Phi) is 3.09. The number of nitrogens with one attached hydrogen (secondary N) is 1. The molecule has 0 radical (unpaired) electrons. The van der Waals surface area contributed by atoms with Crippen LogP contribution in [0.1, 0.15) is 5.56 Å². The van der Waals surface area contributed by atoms with Gasteiger partial charge in [0.15, 0.2) is 0 Å². The first-order valence-corrected chi connectivity index (χ1v) is 7.23. The van der Waals surface area contributed by atoms with Crippen LogP contribution >= 0.6 is 24.0 Å². The van der Waals surface area contributed by atoms with Crippen LogP contribution in [-0.2, 0) is 11.3 Å². The van der Waals surface area contributed by atoms with Crippen molar-refractivity contribution in [2.24, 2.45) is 0 Å². The minimum Gasteiger partial charge on any atom is -0.361 e. The number of nitrogens with zero attached hydrogens (tertiary/aromatic N) is 1. The van der Waals surface area contributed by atoms with Crippen molar-refractivity contribution in [1.82, 2.24) is 9.88 Å². The normalized spacial score (nSPS) is 19.7. The highest BCUT2D eigenvalue weighted by molar-refractivity contribution is 8.02. The molecule has 0 aliphatic carbocycles.